The summed E-state index contributed by atoms with van der Waals surface area (Å²) in [5.74, 6) is -0.155. The van der Waals surface area contributed by atoms with E-state index in [4.69, 9.17) is 4.55 Å². The molecule has 6 nitrogen and oxygen atoms in total. The molecule has 0 amide bonds. The summed E-state index contributed by atoms with van der Waals surface area (Å²) in [5, 5.41) is 3.42. The van der Waals surface area contributed by atoms with E-state index in [0.717, 1.165) is 39.3 Å². The van der Waals surface area contributed by atoms with Crippen LogP contribution in [0.25, 0.3) is 0 Å². The first-order chi connectivity index (χ1) is 11.0. The second-order valence-electron chi connectivity index (χ2n) is 5.72. The van der Waals surface area contributed by atoms with Crippen LogP contribution in [0, 0.1) is 0 Å². The highest BCUT2D eigenvalue weighted by Crippen LogP contribution is 2.07. The van der Waals surface area contributed by atoms with E-state index in [1.807, 2.05) is 24.4 Å². The molecule has 128 valence electrons. The van der Waals surface area contributed by atoms with E-state index in [1.165, 1.54) is 5.56 Å². The second-order valence-corrected chi connectivity index (χ2v) is 7.29. The van der Waals surface area contributed by atoms with Crippen LogP contribution >= 0.6 is 0 Å². The van der Waals surface area contributed by atoms with Crippen molar-refractivity contribution >= 4 is 10.1 Å². The molecule has 1 aromatic rings. The third-order valence-corrected chi connectivity index (χ3v) is 4.50. The summed E-state index contributed by atoms with van der Waals surface area (Å²) in [7, 11) is -3.82. The minimum atomic E-state index is -3.82. The molecule has 1 aliphatic rings. The Labute approximate surface area is 138 Å². The molecule has 1 aromatic carbocycles. The molecule has 2 rings (SSSR count). The number of rotatable bonds is 10. The summed E-state index contributed by atoms with van der Waals surface area (Å²) in [4.78, 5) is 4.38. The van der Waals surface area contributed by atoms with Crippen LogP contribution in [0.1, 0.15) is 18.4 Å². The standard InChI is InChI=1S/C16H25N3O3S/c20-23(21,22)13-5-4-9-18-11-12-19(15-18)10-8-17-14-16-6-2-1-3-7-16/h1-3,6-7,11-12,17H,4-5,8-10,13-15H2,(H,20,21,22). The highest BCUT2D eigenvalue weighted by Gasteiger charge is 2.12. The Morgan fingerprint density at radius 2 is 1.74 bits per heavy atom. The smallest absolute Gasteiger partial charge is 0.264 e. The van der Waals surface area contributed by atoms with Gasteiger partial charge in [0.2, 0.25) is 0 Å². The van der Waals surface area contributed by atoms with Crippen LogP contribution in [0.3, 0.4) is 0 Å². The molecule has 7 heteroatoms. The molecule has 0 aliphatic carbocycles. The fraction of sp³-hybridized carbons (Fsp3) is 0.500. The lowest BCUT2D eigenvalue weighted by Crippen LogP contribution is -2.31. The van der Waals surface area contributed by atoms with Crippen molar-refractivity contribution in [3.63, 3.8) is 0 Å². The SMILES string of the molecule is O=S(=O)(O)CCCCN1C=CN(CCNCc2ccccc2)C1. The van der Waals surface area contributed by atoms with Gasteiger partial charge in [0.25, 0.3) is 10.1 Å². The molecular weight excluding hydrogens is 314 g/mol. The Bertz CT molecular complexity index is 590. The Morgan fingerprint density at radius 1 is 1.04 bits per heavy atom. The Balaban J connectivity index is 1.53. The summed E-state index contributed by atoms with van der Waals surface area (Å²) in [6.07, 6.45) is 5.34. The molecule has 0 aromatic heterocycles. The zero-order valence-corrected chi connectivity index (χ0v) is 14.1. The molecule has 1 heterocycles. The first kappa shape index (κ1) is 17.8. The first-order valence-corrected chi connectivity index (χ1v) is 9.50. The van der Waals surface area contributed by atoms with Gasteiger partial charge in [-0.05, 0) is 18.4 Å². The normalized spacial score (nSPS) is 14.7. The van der Waals surface area contributed by atoms with E-state index in [0.29, 0.717) is 6.42 Å². The number of nitrogens with one attached hydrogen (secondary N) is 1. The maximum absolute atomic E-state index is 10.6. The van der Waals surface area contributed by atoms with Crippen molar-refractivity contribution in [2.75, 3.05) is 32.1 Å². The van der Waals surface area contributed by atoms with Gasteiger partial charge in [0, 0.05) is 38.6 Å². The molecule has 0 spiro atoms. The molecule has 2 N–H and O–H groups in total. The van der Waals surface area contributed by atoms with E-state index < -0.39 is 10.1 Å². The van der Waals surface area contributed by atoms with Crippen molar-refractivity contribution in [1.82, 2.24) is 15.1 Å². The summed E-state index contributed by atoms with van der Waals surface area (Å²) >= 11 is 0. The van der Waals surface area contributed by atoms with Crippen LogP contribution in [0.15, 0.2) is 42.7 Å². The summed E-state index contributed by atoms with van der Waals surface area (Å²) < 4.78 is 30.0. The Morgan fingerprint density at radius 3 is 2.43 bits per heavy atom. The quantitative estimate of drug-likeness (QED) is 0.497. The van der Waals surface area contributed by atoms with Gasteiger partial charge in [-0.1, -0.05) is 30.3 Å². The van der Waals surface area contributed by atoms with Gasteiger partial charge in [0.15, 0.2) is 0 Å². The zero-order valence-electron chi connectivity index (χ0n) is 13.3. The van der Waals surface area contributed by atoms with E-state index in [1.54, 1.807) is 0 Å². The molecule has 1 aliphatic heterocycles. The van der Waals surface area contributed by atoms with Crippen LogP contribution in [0.2, 0.25) is 0 Å². The molecule has 0 bridgehead atoms. The Hall–Kier alpha value is -1.57. The Kier molecular flexibility index (Phi) is 6.88. The first-order valence-electron chi connectivity index (χ1n) is 7.89. The van der Waals surface area contributed by atoms with Crippen LogP contribution in [-0.2, 0) is 16.7 Å². The zero-order chi connectivity index (χ0) is 16.5. The topological polar surface area (TPSA) is 72.9 Å². The van der Waals surface area contributed by atoms with Gasteiger partial charge in [-0.15, -0.1) is 0 Å². The van der Waals surface area contributed by atoms with E-state index in [2.05, 4.69) is 33.4 Å². The third-order valence-electron chi connectivity index (χ3n) is 3.70. The summed E-state index contributed by atoms with van der Waals surface area (Å²) in [6, 6.07) is 10.3. The number of nitrogens with zero attached hydrogens (tertiary/aromatic N) is 2. The van der Waals surface area contributed by atoms with E-state index in [-0.39, 0.29) is 5.75 Å². The molecule has 0 unspecified atom stereocenters. The van der Waals surface area contributed by atoms with Crippen LogP contribution < -0.4 is 5.32 Å². The van der Waals surface area contributed by atoms with E-state index in [9.17, 15) is 8.42 Å². The van der Waals surface area contributed by atoms with Crippen LogP contribution in [-0.4, -0.2) is 54.8 Å². The lowest BCUT2D eigenvalue weighted by atomic mass is 10.2. The van der Waals surface area contributed by atoms with Crippen molar-refractivity contribution in [2.45, 2.75) is 19.4 Å². The molecule has 0 saturated carbocycles. The summed E-state index contributed by atoms with van der Waals surface area (Å²) in [5.41, 5.74) is 1.28. The van der Waals surface area contributed by atoms with Gasteiger partial charge >= 0.3 is 0 Å². The van der Waals surface area contributed by atoms with Crippen molar-refractivity contribution in [3.8, 4) is 0 Å². The number of hydrogen-bond acceptors (Lipinski definition) is 5. The number of hydrogen-bond donors (Lipinski definition) is 2. The fourth-order valence-corrected chi connectivity index (χ4v) is 3.03. The van der Waals surface area contributed by atoms with Crippen LogP contribution in [0.4, 0.5) is 0 Å². The number of unbranched alkanes of at least 4 members (excludes halogenated alkanes) is 1. The van der Waals surface area contributed by atoms with E-state index >= 15 is 0 Å². The molecule has 0 saturated heterocycles. The van der Waals surface area contributed by atoms with Crippen molar-refractivity contribution < 1.29 is 13.0 Å². The molecule has 0 atom stereocenters. The highest BCUT2D eigenvalue weighted by molar-refractivity contribution is 7.85. The van der Waals surface area contributed by atoms with Gasteiger partial charge in [-0.3, -0.25) is 4.55 Å². The second kappa shape index (κ2) is 8.90. The van der Waals surface area contributed by atoms with Gasteiger partial charge in [-0.25, -0.2) is 0 Å². The summed E-state index contributed by atoms with van der Waals surface area (Å²) in [6.45, 7) is 4.36. The van der Waals surface area contributed by atoms with Gasteiger partial charge in [0.1, 0.15) is 0 Å². The largest absolute Gasteiger partial charge is 0.359 e. The molecule has 0 radical (unpaired) electrons. The fourth-order valence-electron chi connectivity index (χ4n) is 2.46. The van der Waals surface area contributed by atoms with Gasteiger partial charge < -0.3 is 15.1 Å². The predicted molar refractivity (Wildman–Crippen MR) is 91.2 cm³/mol. The van der Waals surface area contributed by atoms with Crippen molar-refractivity contribution in [1.29, 1.82) is 0 Å². The van der Waals surface area contributed by atoms with Gasteiger partial charge in [-0.2, -0.15) is 8.42 Å². The highest BCUT2D eigenvalue weighted by atomic mass is 32.2. The maximum Gasteiger partial charge on any atom is 0.264 e. The van der Waals surface area contributed by atoms with Gasteiger partial charge in [0.05, 0.1) is 12.4 Å². The number of benzene rings is 1. The minimum absolute atomic E-state index is 0.155. The molecular formula is C16H25N3O3S. The third kappa shape index (κ3) is 7.49. The predicted octanol–water partition coefficient (Wildman–Crippen LogP) is 1.49. The minimum Gasteiger partial charge on any atom is -0.359 e. The monoisotopic (exact) mass is 339 g/mol. The van der Waals surface area contributed by atoms with Crippen molar-refractivity contribution in [3.05, 3.63) is 48.3 Å². The average molecular weight is 339 g/mol. The maximum atomic E-state index is 10.6. The lowest BCUT2D eigenvalue weighted by Gasteiger charge is -2.21. The van der Waals surface area contributed by atoms with Crippen LogP contribution in [0.5, 0.6) is 0 Å². The lowest BCUT2D eigenvalue weighted by molar-refractivity contribution is 0.262. The molecule has 0 fully saturated rings. The molecule has 23 heavy (non-hydrogen) atoms. The average Bonchev–Trinajstić information content (AvgIpc) is 2.96. The van der Waals surface area contributed by atoms with Crippen molar-refractivity contribution in [2.24, 2.45) is 0 Å².